The molecule has 0 aliphatic carbocycles. The lowest BCUT2D eigenvalue weighted by Crippen LogP contribution is -2.06. The van der Waals surface area contributed by atoms with E-state index in [1.54, 1.807) is 18.6 Å². The Bertz CT molecular complexity index is 1330. The van der Waals surface area contributed by atoms with Crippen LogP contribution in [-0.4, -0.2) is 21.9 Å². The topological polar surface area (TPSA) is 101 Å². The molecule has 0 fully saturated rings. The van der Waals surface area contributed by atoms with Crippen molar-refractivity contribution in [3.63, 3.8) is 0 Å². The number of benzene rings is 2. The van der Waals surface area contributed by atoms with Crippen molar-refractivity contribution < 1.29 is 0 Å². The second-order valence-electron chi connectivity index (χ2n) is 7.59. The van der Waals surface area contributed by atoms with Gasteiger partial charge in [0.2, 0.25) is 0 Å². The van der Waals surface area contributed by atoms with Gasteiger partial charge in [-0.2, -0.15) is 5.10 Å². The highest BCUT2D eigenvalue weighted by molar-refractivity contribution is 6.38. The van der Waals surface area contributed by atoms with E-state index in [2.05, 4.69) is 30.7 Å². The number of aryl methyl sites for hydroxylation is 2. The molecule has 0 bridgehead atoms. The quantitative estimate of drug-likeness (QED) is 0.167. The Labute approximate surface area is 203 Å². The molecule has 0 atom stereocenters. The van der Waals surface area contributed by atoms with Crippen molar-refractivity contribution >= 4 is 52.0 Å². The highest BCUT2D eigenvalue weighted by Gasteiger charge is 2.06. The number of pyridine rings is 2. The van der Waals surface area contributed by atoms with Gasteiger partial charge >= 0.3 is 0 Å². The second-order valence-corrected chi connectivity index (χ2v) is 7.97. The van der Waals surface area contributed by atoms with Crippen LogP contribution in [0.3, 0.4) is 0 Å². The van der Waals surface area contributed by atoms with Crippen molar-refractivity contribution in [1.29, 1.82) is 0 Å². The summed E-state index contributed by atoms with van der Waals surface area (Å²) in [6.07, 6.45) is 5.15. The number of nitrogens with one attached hydrogen (secondary N) is 2. The molecule has 0 radical (unpaired) electrons. The maximum Gasteiger partial charge on any atom is 0.108 e. The Morgan fingerprint density at radius 1 is 0.853 bits per heavy atom. The van der Waals surface area contributed by atoms with E-state index in [9.17, 15) is 0 Å². The number of rotatable bonds is 7. The number of anilines is 4. The lowest BCUT2D eigenvalue weighted by molar-refractivity contribution is 1.20. The summed E-state index contributed by atoms with van der Waals surface area (Å²) in [6, 6.07) is 21.2. The molecule has 2 heterocycles. The smallest absolute Gasteiger partial charge is 0.108 e. The SMILES string of the molecule is Cc1cc(Nc2ccc(N=CC(=NN)c3ccc(Nc4ccnc(C)c4Cl)cc3)cc2)ccn1. The van der Waals surface area contributed by atoms with E-state index in [1.165, 1.54) is 0 Å². The van der Waals surface area contributed by atoms with Gasteiger partial charge in [-0.05, 0) is 68.4 Å². The standard InChI is InChI=1S/C26H24ClN7/c1-17-15-23(11-13-29-17)32-21-9-7-20(8-10-21)31-16-25(34-28)19-3-5-22(6-4-19)33-24-12-14-30-18(2)26(24)27/h3-16H,28H2,1-2H3,(H,29,32)(H,30,33). The molecule has 0 aliphatic heterocycles. The van der Waals surface area contributed by atoms with Crippen LogP contribution in [0.4, 0.5) is 28.4 Å². The summed E-state index contributed by atoms with van der Waals surface area (Å²) in [5.74, 6) is 5.63. The van der Waals surface area contributed by atoms with Gasteiger partial charge in [-0.3, -0.25) is 15.0 Å². The minimum atomic E-state index is 0.568. The average molecular weight is 470 g/mol. The third-order valence-corrected chi connectivity index (χ3v) is 5.53. The highest BCUT2D eigenvalue weighted by atomic mass is 35.5. The predicted octanol–water partition coefficient (Wildman–Crippen LogP) is 6.30. The summed E-state index contributed by atoms with van der Waals surface area (Å²) in [4.78, 5) is 12.9. The molecule has 8 heteroatoms. The molecule has 0 unspecified atom stereocenters. The van der Waals surface area contributed by atoms with Crippen LogP contribution in [-0.2, 0) is 0 Å². The first-order chi connectivity index (χ1) is 16.5. The van der Waals surface area contributed by atoms with Gasteiger partial charge in [0, 0.05) is 40.7 Å². The largest absolute Gasteiger partial charge is 0.355 e. The van der Waals surface area contributed by atoms with E-state index in [1.807, 2.05) is 80.6 Å². The van der Waals surface area contributed by atoms with Crippen LogP contribution in [0.5, 0.6) is 0 Å². The molecule has 0 spiro atoms. The Morgan fingerprint density at radius 3 is 2.24 bits per heavy atom. The molecule has 34 heavy (non-hydrogen) atoms. The normalized spacial score (nSPS) is 11.6. The maximum absolute atomic E-state index is 6.32. The minimum Gasteiger partial charge on any atom is -0.355 e. The summed E-state index contributed by atoms with van der Waals surface area (Å²) in [7, 11) is 0. The lowest BCUT2D eigenvalue weighted by atomic mass is 10.1. The molecule has 2 aromatic carbocycles. The van der Waals surface area contributed by atoms with Gasteiger partial charge in [0.05, 0.1) is 28.3 Å². The van der Waals surface area contributed by atoms with Crippen LogP contribution in [0.2, 0.25) is 5.02 Å². The van der Waals surface area contributed by atoms with Crippen LogP contribution in [0, 0.1) is 13.8 Å². The zero-order chi connectivity index (χ0) is 23.9. The van der Waals surface area contributed by atoms with Crippen LogP contribution in [0.15, 0.2) is 89.2 Å². The zero-order valence-electron chi connectivity index (χ0n) is 18.8. The number of nitrogens with zero attached hydrogens (tertiary/aromatic N) is 4. The fraction of sp³-hybridized carbons (Fsp3) is 0.0769. The summed E-state index contributed by atoms with van der Waals surface area (Å²) >= 11 is 6.32. The molecule has 0 saturated carbocycles. The Kier molecular flexibility index (Phi) is 7.15. The number of hydrogen-bond acceptors (Lipinski definition) is 7. The molecule has 170 valence electrons. The van der Waals surface area contributed by atoms with E-state index in [0.717, 1.165) is 45.4 Å². The van der Waals surface area contributed by atoms with Crippen molar-refractivity contribution in [2.24, 2.45) is 15.9 Å². The van der Waals surface area contributed by atoms with Gasteiger partial charge in [0.1, 0.15) is 5.71 Å². The molecule has 4 aromatic rings. The predicted molar refractivity (Wildman–Crippen MR) is 141 cm³/mol. The van der Waals surface area contributed by atoms with Crippen LogP contribution in [0.25, 0.3) is 0 Å². The number of aliphatic imine (C=N–C) groups is 1. The van der Waals surface area contributed by atoms with Crippen LogP contribution >= 0.6 is 11.6 Å². The lowest BCUT2D eigenvalue weighted by Gasteiger charge is -2.10. The van der Waals surface area contributed by atoms with Crippen molar-refractivity contribution in [3.8, 4) is 0 Å². The van der Waals surface area contributed by atoms with Crippen molar-refractivity contribution in [2.75, 3.05) is 10.6 Å². The molecule has 4 N–H and O–H groups in total. The average Bonchev–Trinajstić information content (AvgIpc) is 2.84. The molecule has 4 rings (SSSR count). The molecule has 0 saturated heterocycles. The van der Waals surface area contributed by atoms with Gasteiger partial charge in [-0.25, -0.2) is 0 Å². The summed E-state index contributed by atoms with van der Waals surface area (Å²) < 4.78 is 0. The van der Waals surface area contributed by atoms with Crippen LogP contribution < -0.4 is 16.5 Å². The number of hydrazone groups is 1. The van der Waals surface area contributed by atoms with Crippen molar-refractivity contribution in [2.45, 2.75) is 13.8 Å². The number of nitrogens with two attached hydrogens (primary N) is 1. The van der Waals surface area contributed by atoms with Crippen molar-refractivity contribution in [3.05, 3.63) is 101 Å². The van der Waals surface area contributed by atoms with Gasteiger partial charge in [0.25, 0.3) is 0 Å². The maximum atomic E-state index is 6.32. The van der Waals surface area contributed by atoms with Gasteiger partial charge in [0.15, 0.2) is 0 Å². The fourth-order valence-electron chi connectivity index (χ4n) is 3.26. The van der Waals surface area contributed by atoms with E-state index < -0.39 is 0 Å². The van der Waals surface area contributed by atoms with Crippen LogP contribution in [0.1, 0.15) is 17.0 Å². The monoisotopic (exact) mass is 469 g/mol. The van der Waals surface area contributed by atoms with E-state index >= 15 is 0 Å². The Balaban J connectivity index is 1.41. The van der Waals surface area contributed by atoms with E-state index in [4.69, 9.17) is 17.4 Å². The van der Waals surface area contributed by atoms with E-state index in [0.29, 0.717) is 10.7 Å². The zero-order valence-corrected chi connectivity index (χ0v) is 19.6. The molecule has 2 aromatic heterocycles. The summed E-state index contributed by atoms with van der Waals surface area (Å²) in [6.45, 7) is 3.83. The summed E-state index contributed by atoms with van der Waals surface area (Å²) in [5.41, 5.74) is 7.57. The minimum absolute atomic E-state index is 0.568. The third-order valence-electron chi connectivity index (χ3n) is 5.05. The van der Waals surface area contributed by atoms with Crippen molar-refractivity contribution in [1.82, 2.24) is 9.97 Å². The first-order valence-electron chi connectivity index (χ1n) is 10.6. The first-order valence-corrected chi connectivity index (χ1v) is 11.0. The first kappa shape index (κ1) is 22.9. The second kappa shape index (κ2) is 10.6. The van der Waals surface area contributed by atoms with Gasteiger partial charge < -0.3 is 16.5 Å². The number of halogens is 1. The van der Waals surface area contributed by atoms with Gasteiger partial charge in [-0.15, -0.1) is 0 Å². The Hall–Kier alpha value is -4.23. The number of aromatic nitrogens is 2. The third kappa shape index (κ3) is 5.76. The fourth-order valence-corrected chi connectivity index (χ4v) is 3.42. The molecular weight excluding hydrogens is 446 g/mol. The number of hydrogen-bond donors (Lipinski definition) is 3. The molecular formula is C26H24ClN7. The highest BCUT2D eigenvalue weighted by Crippen LogP contribution is 2.27. The Morgan fingerprint density at radius 2 is 1.53 bits per heavy atom. The van der Waals surface area contributed by atoms with E-state index in [-0.39, 0.29) is 0 Å². The summed E-state index contributed by atoms with van der Waals surface area (Å²) in [5, 5.41) is 11.1. The van der Waals surface area contributed by atoms with Gasteiger partial charge in [-0.1, -0.05) is 23.7 Å². The molecule has 7 nitrogen and oxygen atoms in total. The molecule has 0 amide bonds. The molecule has 0 aliphatic rings.